The molecule has 0 aliphatic carbocycles. The second kappa shape index (κ2) is 32.6. The Labute approximate surface area is 845 Å². The first-order chi connectivity index (χ1) is 72.9. The number of thiophene rings is 1. The van der Waals surface area contributed by atoms with Gasteiger partial charge in [0.1, 0.15) is 16.7 Å². The van der Waals surface area contributed by atoms with Crippen molar-refractivity contribution in [3.05, 3.63) is 510 Å². The summed E-state index contributed by atoms with van der Waals surface area (Å²) in [6.45, 7) is 0. The molecule has 24 aromatic carbocycles. The minimum atomic E-state index is 0.901. The van der Waals surface area contributed by atoms with E-state index in [1.165, 1.54) is 234 Å². The van der Waals surface area contributed by atoms with E-state index in [-0.39, 0.29) is 0 Å². The number of aromatic nitrogens is 6. The van der Waals surface area contributed by atoms with Gasteiger partial charge in [-0.25, -0.2) is 0 Å². The van der Waals surface area contributed by atoms with Crippen LogP contribution in [0.25, 0.3) is 295 Å². The quantitative estimate of drug-likeness (QED) is 0.145. The zero-order valence-electron chi connectivity index (χ0n) is 79.4. The second-order valence-corrected chi connectivity index (χ2v) is 39.9. The van der Waals surface area contributed by atoms with Crippen LogP contribution in [0.5, 0.6) is 0 Å². The third-order valence-corrected chi connectivity index (χ3v) is 32.0. The van der Waals surface area contributed by atoms with Crippen LogP contribution < -0.4 is 0 Å². The Balaban J connectivity index is 0.0000000999. The van der Waals surface area contributed by atoms with Crippen molar-refractivity contribution in [1.82, 2.24) is 27.4 Å². The highest BCUT2D eigenvalue weighted by molar-refractivity contribution is 7.25. The minimum absolute atomic E-state index is 0.901. The molecule has 0 radical (unpaired) electrons. The molecular formula is C138H84N6O2S. The molecule has 0 N–H and O–H groups in total. The smallest absolute Gasteiger partial charge is 0.160 e. The highest BCUT2D eigenvalue weighted by Crippen LogP contribution is 2.50. The molecule has 0 aliphatic rings. The summed E-state index contributed by atoms with van der Waals surface area (Å²) in [7, 11) is 0. The van der Waals surface area contributed by atoms with Gasteiger partial charge in [0, 0.05) is 134 Å². The molecule has 0 aliphatic heterocycles. The molecule has 9 aromatic heterocycles. The second-order valence-electron chi connectivity index (χ2n) is 38.8. The van der Waals surface area contributed by atoms with Crippen molar-refractivity contribution in [2.75, 3.05) is 0 Å². The fourth-order valence-corrected chi connectivity index (χ4v) is 25.5. The van der Waals surface area contributed by atoms with Crippen molar-refractivity contribution >= 4 is 239 Å². The average Bonchev–Trinajstić information content (AvgIpc) is 1.57. The minimum Gasteiger partial charge on any atom is -0.456 e. The zero-order valence-corrected chi connectivity index (χ0v) is 80.2. The van der Waals surface area contributed by atoms with Crippen molar-refractivity contribution in [3.8, 4) is 67.5 Å². The number of nitrogens with zero attached hydrogens (tertiary/aromatic N) is 6. The molecule has 0 spiro atoms. The van der Waals surface area contributed by atoms with E-state index in [4.69, 9.17) is 8.83 Å². The molecule has 0 saturated heterocycles. The maximum absolute atomic E-state index is 6.69. The molecule has 33 aromatic rings. The van der Waals surface area contributed by atoms with E-state index < -0.39 is 0 Å². The molecule has 8 nitrogen and oxygen atoms in total. The zero-order chi connectivity index (χ0) is 96.2. The number of hydrogen-bond acceptors (Lipinski definition) is 3. The van der Waals surface area contributed by atoms with Gasteiger partial charge in [-0.05, 0) is 244 Å². The lowest BCUT2D eigenvalue weighted by molar-refractivity contribution is 0.669. The lowest BCUT2D eigenvalue weighted by Gasteiger charge is -2.12. The fraction of sp³-hybridized carbons (Fsp3) is 0. The molecule has 0 fully saturated rings. The third-order valence-electron chi connectivity index (χ3n) is 30.9. The molecule has 0 unspecified atom stereocenters. The van der Waals surface area contributed by atoms with Crippen LogP contribution >= 0.6 is 11.3 Å². The monoisotopic (exact) mass is 1890 g/mol. The van der Waals surface area contributed by atoms with Crippen LogP contribution in [0.3, 0.4) is 0 Å². The topological polar surface area (TPSA) is 55.9 Å². The van der Waals surface area contributed by atoms with Gasteiger partial charge in [-0.3, -0.25) is 0 Å². The first-order valence-electron chi connectivity index (χ1n) is 50.3. The van der Waals surface area contributed by atoms with Gasteiger partial charge in [-0.2, -0.15) is 0 Å². The molecule has 0 amide bonds. The Kier molecular flexibility index (Phi) is 18.3. The Bertz CT molecular complexity index is 11100. The van der Waals surface area contributed by atoms with E-state index in [0.29, 0.717) is 0 Å². The molecule has 33 rings (SSSR count). The molecule has 0 atom stereocenters. The van der Waals surface area contributed by atoms with Crippen molar-refractivity contribution in [1.29, 1.82) is 0 Å². The average molecular weight is 1890 g/mol. The van der Waals surface area contributed by atoms with E-state index in [0.717, 1.165) is 60.6 Å². The van der Waals surface area contributed by atoms with Gasteiger partial charge in [0.05, 0.1) is 88.6 Å². The predicted molar refractivity (Wildman–Crippen MR) is 622 cm³/mol. The molecule has 0 bridgehead atoms. The van der Waals surface area contributed by atoms with Crippen molar-refractivity contribution in [2.45, 2.75) is 0 Å². The number of para-hydroxylation sites is 8. The predicted octanol–water partition coefficient (Wildman–Crippen LogP) is 38.3. The molecule has 9 heterocycles. The number of rotatable bonds is 9. The van der Waals surface area contributed by atoms with E-state index in [1.807, 2.05) is 23.5 Å². The van der Waals surface area contributed by atoms with E-state index in [2.05, 4.69) is 525 Å². The normalized spacial score (nSPS) is 12.1. The van der Waals surface area contributed by atoms with Crippen LogP contribution in [-0.2, 0) is 0 Å². The summed E-state index contributed by atoms with van der Waals surface area (Å²) in [4.78, 5) is 0. The summed E-state index contributed by atoms with van der Waals surface area (Å²) in [6, 6.07) is 185. The highest BCUT2D eigenvalue weighted by atomic mass is 32.1. The van der Waals surface area contributed by atoms with Crippen molar-refractivity contribution in [2.24, 2.45) is 0 Å². The van der Waals surface area contributed by atoms with Gasteiger partial charge < -0.3 is 36.2 Å². The van der Waals surface area contributed by atoms with Crippen LogP contribution in [0.1, 0.15) is 0 Å². The van der Waals surface area contributed by atoms with E-state index in [9.17, 15) is 0 Å². The van der Waals surface area contributed by atoms with Gasteiger partial charge in [-0.15, -0.1) is 11.3 Å². The van der Waals surface area contributed by atoms with Gasteiger partial charge in [-0.1, -0.05) is 315 Å². The number of furan rings is 2. The van der Waals surface area contributed by atoms with Crippen LogP contribution in [-0.4, -0.2) is 27.4 Å². The lowest BCUT2D eigenvalue weighted by atomic mass is 10.00. The Morgan fingerprint density at radius 3 is 0.925 bits per heavy atom. The Hall–Kier alpha value is -19.3. The van der Waals surface area contributed by atoms with Gasteiger partial charge >= 0.3 is 0 Å². The summed E-state index contributed by atoms with van der Waals surface area (Å²) in [6.07, 6.45) is 0. The first kappa shape index (κ1) is 82.4. The summed E-state index contributed by atoms with van der Waals surface area (Å²) in [5.74, 6) is 0. The van der Waals surface area contributed by atoms with Gasteiger partial charge in [0.2, 0.25) is 0 Å². The van der Waals surface area contributed by atoms with Gasteiger partial charge in [0.25, 0.3) is 0 Å². The van der Waals surface area contributed by atoms with Crippen LogP contribution in [0.4, 0.5) is 0 Å². The number of fused-ring (bicyclic) bond motifs is 32. The maximum Gasteiger partial charge on any atom is 0.160 e. The van der Waals surface area contributed by atoms with Crippen molar-refractivity contribution in [3.63, 3.8) is 0 Å². The summed E-state index contributed by atoms with van der Waals surface area (Å²) in [5, 5.41) is 29.5. The van der Waals surface area contributed by atoms with Crippen LogP contribution in [0.15, 0.2) is 518 Å². The summed E-state index contributed by atoms with van der Waals surface area (Å²) >= 11 is 1.88. The molecule has 9 heteroatoms. The van der Waals surface area contributed by atoms with E-state index in [1.54, 1.807) is 0 Å². The van der Waals surface area contributed by atoms with Gasteiger partial charge in [0.15, 0.2) is 5.58 Å². The standard InChI is InChI=1S/2C46H28N2O.C46H28N2S/c1-2-13-32(14-3-1)47-41-18-8-6-16-34(41)38-27-30(21-25-42(38)47)31-22-26-43-39(28-31)36-23-24-37-35-17-7-9-20-44(35)49-46(37)45(36)48(43)40-19-10-12-29-11-4-5-15-33(29)40;1-2-13-32(14-3-1)47-40-18-8-6-16-34(40)37-27-30(21-24-41(37)47)31-22-25-42-38(28-31)35-23-26-44-45(36-17-7-9-20-43(36)49-44)46(35)48(42)39-19-10-12-29-11-4-5-15-33(29)39;1-2-13-32(14-3-1)47-41-18-8-6-16-34(41)36-25-30(21-23-42(36)47)31-22-24-43-37(26-31)38-27-39-35-17-7-9-20-45(35)49-46(39)28-44(38)48(43)40-19-10-12-29-11-4-5-15-33(29)40/h3*1-28H. The van der Waals surface area contributed by atoms with Crippen LogP contribution in [0.2, 0.25) is 0 Å². The Morgan fingerprint density at radius 2 is 0.463 bits per heavy atom. The number of benzene rings is 24. The molecule has 147 heavy (non-hydrogen) atoms. The van der Waals surface area contributed by atoms with E-state index >= 15 is 0 Å². The SMILES string of the molecule is c1ccc(-n2c3ccccc3c3cc(-c4ccc5c(c4)c4cc6c(cc4n5-c4cccc5ccccc45)sc4ccccc46)ccc32)cc1.c1ccc(-n2c3ccccc3c3cc(-c4ccc5c(c4)c4ccc6c7ccccc7oc6c4n5-c4cccc5ccccc45)ccc32)cc1.c1ccc(-n2c3ccccc3c3cc(-c4ccc5c(c4)c4ccc6oc7ccccc7c6c4n5-c4cccc5ccccc45)ccc32)cc1. The molecular weight excluding hydrogens is 1810 g/mol. The summed E-state index contributed by atoms with van der Waals surface area (Å²) in [5.41, 5.74) is 32.2. The first-order valence-corrected chi connectivity index (χ1v) is 51.1. The van der Waals surface area contributed by atoms with Crippen molar-refractivity contribution < 1.29 is 8.83 Å². The molecule has 0 saturated carbocycles. The largest absolute Gasteiger partial charge is 0.456 e. The fourth-order valence-electron chi connectivity index (χ4n) is 24.4. The third kappa shape index (κ3) is 12.7. The maximum atomic E-state index is 6.69. The van der Waals surface area contributed by atoms with Crippen LogP contribution in [0, 0.1) is 0 Å². The highest BCUT2D eigenvalue weighted by Gasteiger charge is 2.28. The number of hydrogen-bond donors (Lipinski definition) is 0. The molecule has 684 valence electrons. The summed E-state index contributed by atoms with van der Waals surface area (Å²) < 4.78 is 30.2. The Morgan fingerprint density at radius 1 is 0.150 bits per heavy atom. The lowest BCUT2D eigenvalue weighted by Crippen LogP contribution is -1.95.